The number of Topliss-reactive ketones (excluding diaryl/α,β-unsaturated/α-hetero) is 1. The molecule has 8 heteroatoms. The van der Waals surface area contributed by atoms with Crippen molar-refractivity contribution in [2.45, 2.75) is 25.8 Å². The molecule has 188 valence electrons. The monoisotopic (exact) mass is 482 g/mol. The van der Waals surface area contributed by atoms with E-state index in [1.165, 1.54) is 4.90 Å². The van der Waals surface area contributed by atoms with Gasteiger partial charge in [0, 0.05) is 12.1 Å². The summed E-state index contributed by atoms with van der Waals surface area (Å²) in [5, 5.41) is 11.2. The number of ketones is 1. The first-order valence-electron chi connectivity index (χ1n) is 11.7. The van der Waals surface area contributed by atoms with E-state index >= 15 is 0 Å². The smallest absolute Gasteiger partial charge is 0.295 e. The van der Waals surface area contributed by atoms with Crippen LogP contribution >= 0.6 is 0 Å². The topological polar surface area (TPSA) is 88.5 Å². The standard InChI is InChI=1S/C27H34N2O6/c1-6-16-35-21-13-10-19(17-22(21)34-5)24-23(25(30)18-8-11-20(33-4)12-9-18)26(31)27(32)29(24)15-7-14-28(2)3/h8-13,17,24,30H,6-7,14-16H2,1-5H3/t24-/m1/s1. The number of methoxy groups -OCH3 is 2. The number of likely N-dealkylation sites (tertiary alicyclic amines) is 1. The summed E-state index contributed by atoms with van der Waals surface area (Å²) < 4.78 is 16.5. The van der Waals surface area contributed by atoms with E-state index in [4.69, 9.17) is 14.2 Å². The quantitative estimate of drug-likeness (QED) is 0.296. The second-order valence-corrected chi connectivity index (χ2v) is 8.64. The van der Waals surface area contributed by atoms with Gasteiger partial charge in [-0.1, -0.05) is 13.0 Å². The van der Waals surface area contributed by atoms with Crippen molar-refractivity contribution in [1.82, 2.24) is 9.80 Å². The first-order valence-corrected chi connectivity index (χ1v) is 11.7. The van der Waals surface area contributed by atoms with Gasteiger partial charge in [0.05, 0.1) is 32.4 Å². The normalized spacial score (nSPS) is 17.2. The van der Waals surface area contributed by atoms with Crippen molar-refractivity contribution < 1.29 is 28.9 Å². The molecule has 8 nitrogen and oxygen atoms in total. The fraction of sp³-hybridized carbons (Fsp3) is 0.407. The highest BCUT2D eigenvalue weighted by Crippen LogP contribution is 2.42. The van der Waals surface area contributed by atoms with E-state index in [1.54, 1.807) is 50.6 Å². The summed E-state index contributed by atoms with van der Waals surface area (Å²) >= 11 is 0. The second-order valence-electron chi connectivity index (χ2n) is 8.64. The molecule has 0 aromatic heterocycles. The van der Waals surface area contributed by atoms with Gasteiger partial charge in [0.25, 0.3) is 11.7 Å². The zero-order chi connectivity index (χ0) is 25.5. The van der Waals surface area contributed by atoms with Gasteiger partial charge in [-0.15, -0.1) is 0 Å². The molecule has 1 aliphatic heterocycles. The molecule has 1 N–H and O–H groups in total. The van der Waals surface area contributed by atoms with Gasteiger partial charge in [-0.3, -0.25) is 9.59 Å². The largest absolute Gasteiger partial charge is 0.507 e. The van der Waals surface area contributed by atoms with E-state index in [1.807, 2.05) is 32.0 Å². The van der Waals surface area contributed by atoms with Gasteiger partial charge in [0.2, 0.25) is 0 Å². The first-order chi connectivity index (χ1) is 16.8. The average Bonchev–Trinajstić information content (AvgIpc) is 3.11. The Kier molecular flexibility index (Phi) is 8.76. The summed E-state index contributed by atoms with van der Waals surface area (Å²) in [5.41, 5.74) is 1.14. The van der Waals surface area contributed by atoms with E-state index in [9.17, 15) is 14.7 Å². The number of hydrogen-bond acceptors (Lipinski definition) is 7. The van der Waals surface area contributed by atoms with Gasteiger partial charge >= 0.3 is 0 Å². The molecule has 0 aliphatic carbocycles. The van der Waals surface area contributed by atoms with Gasteiger partial charge in [0.1, 0.15) is 11.5 Å². The zero-order valence-electron chi connectivity index (χ0n) is 21.0. The Hall–Kier alpha value is -3.52. The van der Waals surface area contributed by atoms with E-state index in [0.29, 0.717) is 47.9 Å². The molecule has 35 heavy (non-hydrogen) atoms. The van der Waals surface area contributed by atoms with Gasteiger partial charge < -0.3 is 29.1 Å². The number of nitrogens with zero attached hydrogens (tertiary/aromatic N) is 2. The van der Waals surface area contributed by atoms with Crippen molar-refractivity contribution in [3.05, 3.63) is 59.2 Å². The number of amides is 1. The number of carbonyl (C=O) groups is 2. The van der Waals surface area contributed by atoms with Gasteiger partial charge in [-0.05, 0) is 75.4 Å². The van der Waals surface area contributed by atoms with Crippen molar-refractivity contribution in [3.63, 3.8) is 0 Å². The molecule has 1 fully saturated rings. The predicted molar refractivity (Wildman–Crippen MR) is 134 cm³/mol. The molecule has 3 rings (SSSR count). The van der Waals surface area contributed by atoms with Crippen LogP contribution in [0.5, 0.6) is 17.2 Å². The summed E-state index contributed by atoms with van der Waals surface area (Å²) in [6.07, 6.45) is 1.52. The Labute approximate surface area is 206 Å². The maximum absolute atomic E-state index is 13.2. The van der Waals surface area contributed by atoms with Gasteiger partial charge in [-0.25, -0.2) is 0 Å². The minimum atomic E-state index is -0.756. The van der Waals surface area contributed by atoms with Crippen LogP contribution in [0.3, 0.4) is 0 Å². The number of ether oxygens (including phenoxy) is 3. The minimum Gasteiger partial charge on any atom is -0.507 e. The summed E-state index contributed by atoms with van der Waals surface area (Å²) in [4.78, 5) is 29.9. The summed E-state index contributed by atoms with van der Waals surface area (Å²) in [6, 6.07) is 11.3. The highest BCUT2D eigenvalue weighted by molar-refractivity contribution is 6.46. The van der Waals surface area contributed by atoms with Crippen molar-refractivity contribution in [2.75, 3.05) is 48.0 Å². The molecule has 0 saturated carbocycles. The Balaban J connectivity index is 2.10. The van der Waals surface area contributed by atoms with Crippen LogP contribution in [-0.4, -0.2) is 74.6 Å². The molecule has 1 heterocycles. The third kappa shape index (κ3) is 5.77. The number of benzene rings is 2. The molecule has 0 radical (unpaired) electrons. The highest BCUT2D eigenvalue weighted by atomic mass is 16.5. The zero-order valence-corrected chi connectivity index (χ0v) is 21.0. The van der Waals surface area contributed by atoms with Crippen LogP contribution in [0.1, 0.15) is 36.9 Å². The van der Waals surface area contributed by atoms with Crippen LogP contribution in [-0.2, 0) is 9.59 Å². The lowest BCUT2D eigenvalue weighted by molar-refractivity contribution is -0.139. The van der Waals surface area contributed by atoms with Crippen molar-refractivity contribution in [2.24, 2.45) is 0 Å². The van der Waals surface area contributed by atoms with E-state index in [2.05, 4.69) is 0 Å². The Bertz CT molecular complexity index is 1080. The fourth-order valence-corrected chi connectivity index (χ4v) is 4.10. The maximum Gasteiger partial charge on any atom is 0.295 e. The van der Waals surface area contributed by atoms with Crippen LogP contribution in [0.2, 0.25) is 0 Å². The third-order valence-electron chi connectivity index (χ3n) is 5.87. The van der Waals surface area contributed by atoms with Crippen LogP contribution < -0.4 is 14.2 Å². The lowest BCUT2D eigenvalue weighted by Gasteiger charge is -2.26. The molecule has 1 amide bonds. The number of hydrogen-bond donors (Lipinski definition) is 1. The van der Waals surface area contributed by atoms with E-state index < -0.39 is 17.7 Å². The third-order valence-corrected chi connectivity index (χ3v) is 5.87. The molecule has 1 atom stereocenters. The van der Waals surface area contributed by atoms with E-state index in [-0.39, 0.29) is 11.3 Å². The first kappa shape index (κ1) is 26.1. The molecule has 1 saturated heterocycles. The van der Waals surface area contributed by atoms with Crippen LogP contribution in [0.15, 0.2) is 48.0 Å². The lowest BCUT2D eigenvalue weighted by Crippen LogP contribution is -2.32. The molecule has 2 aromatic carbocycles. The molecule has 1 aliphatic rings. The number of aliphatic hydroxyl groups is 1. The summed E-state index contributed by atoms with van der Waals surface area (Å²) in [5.74, 6) is 0.135. The predicted octanol–water partition coefficient (Wildman–Crippen LogP) is 3.87. The molecule has 0 spiro atoms. The second kappa shape index (κ2) is 11.8. The maximum atomic E-state index is 13.2. The number of rotatable bonds is 11. The Morgan fingerprint density at radius 3 is 2.34 bits per heavy atom. The molecular formula is C27H34N2O6. The van der Waals surface area contributed by atoms with Crippen molar-refractivity contribution >= 4 is 17.4 Å². The molecule has 0 bridgehead atoms. The summed E-state index contributed by atoms with van der Waals surface area (Å²) in [6.45, 7) is 3.67. The number of carbonyl (C=O) groups excluding carboxylic acids is 2. The molecule has 2 aromatic rings. The van der Waals surface area contributed by atoms with Crippen LogP contribution in [0.25, 0.3) is 5.76 Å². The summed E-state index contributed by atoms with van der Waals surface area (Å²) in [7, 11) is 7.00. The minimum absolute atomic E-state index is 0.0503. The molecular weight excluding hydrogens is 448 g/mol. The molecule has 0 unspecified atom stereocenters. The highest BCUT2D eigenvalue weighted by Gasteiger charge is 2.46. The van der Waals surface area contributed by atoms with Gasteiger partial charge in [-0.2, -0.15) is 0 Å². The Morgan fingerprint density at radius 1 is 1.03 bits per heavy atom. The number of aliphatic hydroxyl groups excluding tert-OH is 1. The fourth-order valence-electron chi connectivity index (χ4n) is 4.10. The lowest BCUT2D eigenvalue weighted by atomic mass is 9.95. The van der Waals surface area contributed by atoms with Crippen LogP contribution in [0, 0.1) is 0 Å². The SMILES string of the molecule is CCCOc1ccc([C@@H]2C(=C(O)c3ccc(OC)cc3)C(=O)C(=O)N2CCCN(C)C)cc1OC. The van der Waals surface area contributed by atoms with E-state index in [0.717, 1.165) is 13.0 Å². The van der Waals surface area contributed by atoms with Gasteiger partial charge in [0.15, 0.2) is 11.5 Å². The average molecular weight is 483 g/mol. The van der Waals surface area contributed by atoms with Crippen molar-refractivity contribution in [3.8, 4) is 17.2 Å². The Morgan fingerprint density at radius 2 is 1.74 bits per heavy atom. The van der Waals surface area contributed by atoms with Crippen LogP contribution in [0.4, 0.5) is 0 Å². The van der Waals surface area contributed by atoms with Crippen molar-refractivity contribution in [1.29, 1.82) is 0 Å².